The van der Waals surface area contributed by atoms with Gasteiger partial charge in [0.2, 0.25) is 0 Å². The van der Waals surface area contributed by atoms with E-state index in [-0.39, 0.29) is 23.5 Å². The number of hydrogen-bond acceptors (Lipinski definition) is 6. The van der Waals surface area contributed by atoms with E-state index in [1.165, 1.54) is 17.4 Å². The number of hydrogen-bond donors (Lipinski definition) is 3. The predicted octanol–water partition coefficient (Wildman–Crippen LogP) is 2.73. The Morgan fingerprint density at radius 3 is 2.61 bits per heavy atom. The molecule has 0 radical (unpaired) electrons. The highest BCUT2D eigenvalue weighted by atomic mass is 32.1. The first-order valence-corrected chi connectivity index (χ1v) is 10.7. The lowest BCUT2D eigenvalue weighted by molar-refractivity contribution is 0.0531. The van der Waals surface area contributed by atoms with Gasteiger partial charge >= 0.3 is 5.97 Å². The van der Waals surface area contributed by atoms with E-state index in [1.54, 1.807) is 40.0 Å². The van der Waals surface area contributed by atoms with Crippen LogP contribution in [0.15, 0.2) is 23.2 Å². The van der Waals surface area contributed by atoms with Gasteiger partial charge in [-0.2, -0.15) is 0 Å². The summed E-state index contributed by atoms with van der Waals surface area (Å²) in [5.74, 6) is -0.606. The zero-order chi connectivity index (χ0) is 23.0. The van der Waals surface area contributed by atoms with Gasteiger partial charge < -0.3 is 20.7 Å². The molecular formula is C21H28FN5O3S. The maximum atomic E-state index is 13.6. The highest BCUT2D eigenvalue weighted by Gasteiger charge is 2.20. The molecule has 1 amide bonds. The molecule has 1 aromatic heterocycles. The Balaban J connectivity index is 1.84. The van der Waals surface area contributed by atoms with Gasteiger partial charge in [-0.25, -0.2) is 14.2 Å². The molecule has 2 rings (SSSR count). The third kappa shape index (κ3) is 6.74. The van der Waals surface area contributed by atoms with Crippen LogP contribution in [-0.4, -0.2) is 49.6 Å². The van der Waals surface area contributed by atoms with Crippen molar-refractivity contribution in [2.45, 2.75) is 33.7 Å². The number of halogens is 1. The smallest absolute Gasteiger partial charge is 0.350 e. The van der Waals surface area contributed by atoms with Gasteiger partial charge in [-0.05, 0) is 45.4 Å². The Morgan fingerprint density at radius 2 is 1.97 bits per heavy atom. The summed E-state index contributed by atoms with van der Waals surface area (Å²) < 4.78 is 18.7. The minimum atomic E-state index is -0.409. The Labute approximate surface area is 185 Å². The van der Waals surface area contributed by atoms with Crippen molar-refractivity contribution in [3.05, 3.63) is 50.7 Å². The average Bonchev–Trinajstić information content (AvgIpc) is 3.14. The Bertz CT molecular complexity index is 960. The summed E-state index contributed by atoms with van der Waals surface area (Å²) in [5, 5.41) is 9.76. The van der Waals surface area contributed by atoms with Crippen LogP contribution in [0.1, 0.15) is 56.2 Å². The highest BCUT2D eigenvalue weighted by molar-refractivity contribution is 7.13. The second kappa shape index (κ2) is 11.4. The number of thiazole rings is 1. The molecule has 0 aliphatic heterocycles. The number of amides is 1. The molecule has 1 aromatic carbocycles. The summed E-state index contributed by atoms with van der Waals surface area (Å²) in [6.07, 6.45) is 0. The monoisotopic (exact) mass is 449 g/mol. The number of aryl methyl sites for hydroxylation is 2. The molecule has 0 bridgehead atoms. The maximum absolute atomic E-state index is 13.6. The summed E-state index contributed by atoms with van der Waals surface area (Å²) in [6, 6.07) is 4.19. The number of nitrogens with one attached hydrogen (secondary N) is 3. The second-order valence-electron chi connectivity index (χ2n) is 6.77. The molecular weight excluding hydrogens is 421 g/mol. The van der Waals surface area contributed by atoms with Gasteiger partial charge in [-0.15, -0.1) is 11.3 Å². The van der Waals surface area contributed by atoms with E-state index >= 15 is 0 Å². The zero-order valence-corrected chi connectivity index (χ0v) is 19.2. The summed E-state index contributed by atoms with van der Waals surface area (Å²) in [5.41, 5.74) is 1.40. The van der Waals surface area contributed by atoms with E-state index in [0.717, 1.165) is 5.01 Å². The molecule has 31 heavy (non-hydrogen) atoms. The fourth-order valence-corrected chi connectivity index (χ4v) is 3.61. The van der Waals surface area contributed by atoms with Crippen molar-refractivity contribution in [1.82, 2.24) is 20.9 Å². The van der Waals surface area contributed by atoms with Gasteiger partial charge in [0.1, 0.15) is 15.7 Å². The number of nitrogens with zero attached hydrogens (tertiary/aromatic N) is 2. The fourth-order valence-electron chi connectivity index (χ4n) is 2.64. The van der Waals surface area contributed by atoms with Crippen LogP contribution in [0.4, 0.5) is 4.39 Å². The predicted molar refractivity (Wildman–Crippen MR) is 119 cm³/mol. The Kier molecular flexibility index (Phi) is 8.92. The molecule has 1 atom stereocenters. The second-order valence-corrected chi connectivity index (χ2v) is 7.80. The molecule has 0 spiro atoms. The van der Waals surface area contributed by atoms with Gasteiger partial charge in [-0.3, -0.25) is 9.79 Å². The molecule has 0 aliphatic rings. The Hall–Kier alpha value is -3.01. The minimum Gasteiger partial charge on any atom is -0.462 e. The van der Waals surface area contributed by atoms with E-state index in [9.17, 15) is 14.0 Å². The summed E-state index contributed by atoms with van der Waals surface area (Å²) >= 11 is 1.28. The topological polar surface area (TPSA) is 105 Å². The fraction of sp³-hybridized carbons (Fsp3) is 0.429. The number of carbonyl (C=O) groups excluding carboxylic acids is 2. The van der Waals surface area contributed by atoms with E-state index < -0.39 is 5.82 Å². The van der Waals surface area contributed by atoms with Crippen molar-refractivity contribution in [2.24, 2.45) is 4.99 Å². The van der Waals surface area contributed by atoms with Gasteiger partial charge in [0.05, 0.1) is 18.3 Å². The minimum absolute atomic E-state index is 0.191. The normalized spacial score (nSPS) is 12.3. The number of aliphatic imine (C=N–C) groups is 1. The molecule has 10 heteroatoms. The molecule has 3 N–H and O–H groups in total. The molecule has 0 aliphatic carbocycles. The van der Waals surface area contributed by atoms with E-state index in [0.29, 0.717) is 41.8 Å². The van der Waals surface area contributed by atoms with Crippen LogP contribution < -0.4 is 16.0 Å². The first-order chi connectivity index (χ1) is 14.8. The third-order valence-corrected chi connectivity index (χ3v) is 5.68. The van der Waals surface area contributed by atoms with Crippen LogP contribution in [0.2, 0.25) is 0 Å². The maximum Gasteiger partial charge on any atom is 0.350 e. The summed E-state index contributed by atoms with van der Waals surface area (Å²) in [6.45, 7) is 8.14. The lowest BCUT2D eigenvalue weighted by Gasteiger charge is -2.16. The summed E-state index contributed by atoms with van der Waals surface area (Å²) in [7, 11) is 1.63. The van der Waals surface area contributed by atoms with Crippen molar-refractivity contribution < 1.29 is 18.7 Å². The molecule has 0 saturated heterocycles. The first kappa shape index (κ1) is 24.3. The van der Waals surface area contributed by atoms with Crippen LogP contribution in [0.3, 0.4) is 0 Å². The largest absolute Gasteiger partial charge is 0.462 e. The molecule has 0 fully saturated rings. The van der Waals surface area contributed by atoms with Gasteiger partial charge in [0.15, 0.2) is 5.96 Å². The summed E-state index contributed by atoms with van der Waals surface area (Å²) in [4.78, 5) is 33.2. The van der Waals surface area contributed by atoms with Crippen molar-refractivity contribution in [3.8, 4) is 0 Å². The number of carbonyl (C=O) groups is 2. The molecule has 168 valence electrons. The average molecular weight is 450 g/mol. The SMILES string of the molecule is CCOC(=O)c1sc(C(C)NC(=NC)NCCNC(=O)c2ccc(C)c(F)c2)nc1C. The van der Waals surface area contributed by atoms with E-state index in [2.05, 4.69) is 25.9 Å². The van der Waals surface area contributed by atoms with Crippen molar-refractivity contribution in [1.29, 1.82) is 0 Å². The van der Waals surface area contributed by atoms with Crippen LogP contribution in [0.5, 0.6) is 0 Å². The number of guanidine groups is 1. The number of benzene rings is 1. The lowest BCUT2D eigenvalue weighted by atomic mass is 10.1. The third-order valence-electron chi connectivity index (χ3n) is 4.36. The molecule has 2 aromatic rings. The van der Waals surface area contributed by atoms with Crippen LogP contribution in [0.25, 0.3) is 0 Å². The standard InChI is InChI=1S/C21H28FN5O3S/c1-6-30-20(29)17-13(3)26-19(31-17)14(4)27-21(23-5)25-10-9-24-18(28)15-8-7-12(2)16(22)11-15/h7-8,11,14H,6,9-10H2,1-5H3,(H,24,28)(H2,23,25,27). The van der Waals surface area contributed by atoms with Crippen molar-refractivity contribution in [3.63, 3.8) is 0 Å². The van der Waals surface area contributed by atoms with Gasteiger partial charge in [0.25, 0.3) is 5.91 Å². The van der Waals surface area contributed by atoms with Crippen LogP contribution in [0, 0.1) is 19.7 Å². The number of aromatic nitrogens is 1. The van der Waals surface area contributed by atoms with Gasteiger partial charge in [0, 0.05) is 25.7 Å². The lowest BCUT2D eigenvalue weighted by Crippen LogP contribution is -2.42. The first-order valence-electron chi connectivity index (χ1n) is 9.92. The van der Waals surface area contributed by atoms with E-state index in [4.69, 9.17) is 4.74 Å². The van der Waals surface area contributed by atoms with Crippen molar-refractivity contribution >= 4 is 29.2 Å². The Morgan fingerprint density at radius 1 is 1.26 bits per heavy atom. The molecule has 1 heterocycles. The highest BCUT2D eigenvalue weighted by Crippen LogP contribution is 2.24. The quantitative estimate of drug-likeness (QED) is 0.248. The van der Waals surface area contributed by atoms with Crippen molar-refractivity contribution in [2.75, 3.05) is 26.7 Å². The molecule has 8 nitrogen and oxygen atoms in total. The zero-order valence-electron chi connectivity index (χ0n) is 18.3. The van der Waals surface area contributed by atoms with Gasteiger partial charge in [-0.1, -0.05) is 6.07 Å². The van der Waals surface area contributed by atoms with E-state index in [1.807, 2.05) is 6.92 Å². The molecule has 1 unspecified atom stereocenters. The number of ether oxygens (including phenoxy) is 1. The van der Waals surface area contributed by atoms with Crippen LogP contribution in [-0.2, 0) is 4.74 Å². The number of esters is 1. The molecule has 0 saturated carbocycles. The number of rotatable bonds is 8. The van der Waals surface area contributed by atoms with Crippen LogP contribution >= 0.6 is 11.3 Å².